The number of nitrogens with one attached hydrogen (secondary N) is 1. The Bertz CT molecular complexity index is 898. The molecule has 2 aromatic heterocycles. The summed E-state index contributed by atoms with van der Waals surface area (Å²) < 4.78 is 4.67. The Morgan fingerprint density at radius 3 is 2.70 bits per heavy atom. The maximum Gasteiger partial charge on any atom is 0.0596 e. The van der Waals surface area contributed by atoms with Gasteiger partial charge in [0.2, 0.25) is 0 Å². The van der Waals surface area contributed by atoms with Gasteiger partial charge in [0, 0.05) is 41.9 Å². The second kappa shape index (κ2) is 7.89. The van der Waals surface area contributed by atoms with E-state index in [0.717, 1.165) is 25.3 Å². The molecule has 4 heteroatoms. The number of fused-ring (bicyclic) bond motifs is 1. The molecule has 1 saturated carbocycles. The van der Waals surface area contributed by atoms with Crippen molar-refractivity contribution in [1.29, 1.82) is 0 Å². The van der Waals surface area contributed by atoms with Crippen LogP contribution in [0.5, 0.6) is 0 Å². The molecule has 2 heterocycles. The molecule has 1 aromatic carbocycles. The van der Waals surface area contributed by atoms with Crippen molar-refractivity contribution in [2.75, 3.05) is 6.54 Å². The topological polar surface area (TPSA) is 34.8 Å². The number of nitrogens with zero attached hydrogens (tertiary/aromatic N) is 3. The van der Waals surface area contributed by atoms with Gasteiger partial charge >= 0.3 is 0 Å². The van der Waals surface area contributed by atoms with Crippen molar-refractivity contribution < 1.29 is 0 Å². The van der Waals surface area contributed by atoms with Crippen LogP contribution in [0.2, 0.25) is 0 Å². The molecule has 1 fully saturated rings. The lowest BCUT2D eigenvalue weighted by Gasteiger charge is -2.14. The normalized spacial score (nSPS) is 16.4. The molecule has 1 N–H and O–H groups in total. The predicted molar refractivity (Wildman–Crippen MR) is 112 cm³/mol. The number of hydrogen-bond donors (Lipinski definition) is 1. The lowest BCUT2D eigenvalue weighted by molar-refractivity contribution is 0.416. The van der Waals surface area contributed by atoms with Crippen LogP contribution in [0.1, 0.15) is 55.6 Å². The van der Waals surface area contributed by atoms with E-state index in [1.165, 1.54) is 47.8 Å². The van der Waals surface area contributed by atoms with Crippen molar-refractivity contribution in [2.45, 2.75) is 65.6 Å². The molecule has 0 saturated heterocycles. The third-order valence-electron chi connectivity index (χ3n) is 5.94. The van der Waals surface area contributed by atoms with Gasteiger partial charge < -0.3 is 9.88 Å². The molecule has 144 valence electrons. The van der Waals surface area contributed by atoms with Crippen LogP contribution in [0, 0.1) is 19.8 Å². The van der Waals surface area contributed by atoms with Crippen LogP contribution in [0.25, 0.3) is 10.9 Å². The van der Waals surface area contributed by atoms with Gasteiger partial charge in [-0.15, -0.1) is 0 Å². The molecule has 4 rings (SSSR count). The Morgan fingerprint density at radius 2 is 1.96 bits per heavy atom. The van der Waals surface area contributed by atoms with Gasteiger partial charge in [-0.1, -0.05) is 38.0 Å². The zero-order valence-corrected chi connectivity index (χ0v) is 16.9. The Kier molecular flexibility index (Phi) is 5.35. The van der Waals surface area contributed by atoms with E-state index in [-0.39, 0.29) is 0 Å². The van der Waals surface area contributed by atoms with E-state index in [2.05, 4.69) is 77.0 Å². The maximum absolute atomic E-state index is 4.59. The van der Waals surface area contributed by atoms with Gasteiger partial charge in [-0.25, -0.2) is 0 Å². The molecule has 27 heavy (non-hydrogen) atoms. The summed E-state index contributed by atoms with van der Waals surface area (Å²) in [6, 6.07) is 11.7. The van der Waals surface area contributed by atoms with Crippen LogP contribution in [0.4, 0.5) is 0 Å². The zero-order chi connectivity index (χ0) is 18.8. The van der Waals surface area contributed by atoms with E-state index in [4.69, 9.17) is 0 Å². The molecule has 3 aromatic rings. The molecule has 1 atom stereocenters. The van der Waals surface area contributed by atoms with Gasteiger partial charge in [0.25, 0.3) is 0 Å². The fraction of sp³-hybridized carbons (Fsp3) is 0.522. The Balaban J connectivity index is 1.41. The van der Waals surface area contributed by atoms with Crippen molar-refractivity contribution in [3.8, 4) is 0 Å². The summed E-state index contributed by atoms with van der Waals surface area (Å²) in [5.41, 5.74) is 5.18. The first-order valence-corrected chi connectivity index (χ1v) is 10.4. The van der Waals surface area contributed by atoms with Gasteiger partial charge in [-0.3, -0.25) is 4.68 Å². The summed E-state index contributed by atoms with van der Waals surface area (Å²) in [7, 11) is 0. The van der Waals surface area contributed by atoms with Crippen molar-refractivity contribution in [1.82, 2.24) is 19.7 Å². The predicted octanol–water partition coefficient (Wildman–Crippen LogP) is 5.00. The summed E-state index contributed by atoms with van der Waals surface area (Å²) in [6.07, 6.45) is 7.79. The molecule has 0 bridgehead atoms. The van der Waals surface area contributed by atoms with Crippen LogP contribution in [-0.4, -0.2) is 20.9 Å². The molecule has 0 aliphatic heterocycles. The van der Waals surface area contributed by atoms with Crippen molar-refractivity contribution >= 4 is 10.9 Å². The van der Waals surface area contributed by atoms with Crippen molar-refractivity contribution in [3.63, 3.8) is 0 Å². The minimum absolute atomic E-state index is 0.547. The second-order valence-corrected chi connectivity index (χ2v) is 8.36. The zero-order valence-electron chi connectivity index (χ0n) is 16.9. The lowest BCUT2D eigenvalue weighted by Crippen LogP contribution is -2.24. The monoisotopic (exact) mass is 364 g/mol. The number of aryl methyl sites for hydroxylation is 2. The van der Waals surface area contributed by atoms with E-state index >= 15 is 0 Å². The minimum Gasteiger partial charge on any atom is -0.344 e. The number of aromatic nitrogens is 3. The highest BCUT2D eigenvalue weighted by molar-refractivity contribution is 5.84. The Labute approximate surface area is 162 Å². The largest absolute Gasteiger partial charge is 0.344 e. The van der Waals surface area contributed by atoms with Gasteiger partial charge in [0.05, 0.1) is 5.69 Å². The van der Waals surface area contributed by atoms with Gasteiger partial charge in [-0.2, -0.15) is 5.10 Å². The molecule has 4 nitrogen and oxygen atoms in total. The third-order valence-corrected chi connectivity index (χ3v) is 5.94. The third kappa shape index (κ3) is 3.96. The van der Waals surface area contributed by atoms with Gasteiger partial charge in [0.1, 0.15) is 0 Å². The smallest absolute Gasteiger partial charge is 0.0596 e. The fourth-order valence-electron chi connectivity index (χ4n) is 4.58. The van der Waals surface area contributed by atoms with E-state index in [1.54, 1.807) is 0 Å². The van der Waals surface area contributed by atoms with E-state index in [0.29, 0.717) is 12.0 Å². The van der Waals surface area contributed by atoms with Gasteiger partial charge in [-0.05, 0) is 56.8 Å². The van der Waals surface area contributed by atoms with E-state index in [1.807, 2.05) is 0 Å². The highest BCUT2D eigenvalue weighted by Gasteiger charge is 2.19. The number of benzene rings is 1. The average molecular weight is 365 g/mol. The minimum atomic E-state index is 0.547. The van der Waals surface area contributed by atoms with Crippen LogP contribution in [0.15, 0.2) is 36.5 Å². The van der Waals surface area contributed by atoms with Crippen LogP contribution in [0.3, 0.4) is 0 Å². The first kappa shape index (κ1) is 18.3. The van der Waals surface area contributed by atoms with Crippen LogP contribution < -0.4 is 5.32 Å². The second-order valence-electron chi connectivity index (χ2n) is 8.36. The highest BCUT2D eigenvalue weighted by Crippen LogP contribution is 2.34. The molecule has 1 unspecified atom stereocenters. The standard InChI is InChI=1S/C23H32N4/c1-17(15-27-19(3)12-18(2)25-27)13-24-14-20-16-26(21-8-4-5-9-21)23-11-7-6-10-22(20)23/h6-7,10-12,16-17,21,24H,4-5,8-9,13-15H2,1-3H3. The SMILES string of the molecule is Cc1cc(C)n(CC(C)CNCc2cn(C3CCCC3)c3ccccc23)n1. The first-order valence-electron chi connectivity index (χ1n) is 10.4. The molecule has 0 spiro atoms. The number of hydrogen-bond acceptors (Lipinski definition) is 2. The van der Waals surface area contributed by atoms with Crippen molar-refractivity contribution in [3.05, 3.63) is 53.5 Å². The number of rotatable bonds is 7. The molecule has 1 aliphatic carbocycles. The van der Waals surface area contributed by atoms with E-state index in [9.17, 15) is 0 Å². The van der Waals surface area contributed by atoms with E-state index < -0.39 is 0 Å². The Morgan fingerprint density at radius 1 is 1.19 bits per heavy atom. The Hall–Kier alpha value is -2.07. The molecule has 0 radical (unpaired) electrons. The quantitative estimate of drug-likeness (QED) is 0.640. The summed E-state index contributed by atoms with van der Waals surface area (Å²) in [5, 5.41) is 9.69. The molecular weight excluding hydrogens is 332 g/mol. The lowest BCUT2D eigenvalue weighted by atomic mass is 10.1. The highest BCUT2D eigenvalue weighted by atomic mass is 15.3. The van der Waals surface area contributed by atoms with Crippen LogP contribution in [-0.2, 0) is 13.1 Å². The average Bonchev–Trinajstić information content (AvgIpc) is 3.35. The van der Waals surface area contributed by atoms with Crippen molar-refractivity contribution in [2.24, 2.45) is 5.92 Å². The summed E-state index contributed by atoms with van der Waals surface area (Å²) in [5.74, 6) is 0.547. The van der Waals surface area contributed by atoms with Gasteiger partial charge in [0.15, 0.2) is 0 Å². The molecular formula is C23H32N4. The summed E-state index contributed by atoms with van der Waals surface area (Å²) >= 11 is 0. The maximum atomic E-state index is 4.59. The summed E-state index contributed by atoms with van der Waals surface area (Å²) in [4.78, 5) is 0. The molecule has 0 amide bonds. The fourth-order valence-corrected chi connectivity index (χ4v) is 4.58. The number of para-hydroxylation sites is 1. The molecule has 1 aliphatic rings. The first-order chi connectivity index (χ1) is 13.1. The summed E-state index contributed by atoms with van der Waals surface area (Å²) in [6.45, 7) is 9.40. The van der Waals surface area contributed by atoms with Crippen LogP contribution >= 0.6 is 0 Å².